The van der Waals surface area contributed by atoms with Gasteiger partial charge >= 0.3 is 5.97 Å². The number of carbonyl (C=O) groups is 2. The second kappa shape index (κ2) is 9.47. The fraction of sp³-hybridized carbons (Fsp3) is 0.143. The summed E-state index contributed by atoms with van der Waals surface area (Å²) in [6.07, 6.45) is 4.10. The average molecular weight is 466 g/mol. The van der Waals surface area contributed by atoms with Gasteiger partial charge in [-0.1, -0.05) is 47.5 Å². The molecule has 9 heteroatoms. The Hall–Kier alpha value is -2.61. The smallest absolute Gasteiger partial charge is 0.331 e. The number of sulfone groups is 1. The fourth-order valence-electron chi connectivity index (χ4n) is 2.86. The van der Waals surface area contributed by atoms with E-state index >= 15 is 0 Å². The van der Waals surface area contributed by atoms with Crippen LogP contribution < -0.4 is 4.90 Å². The zero-order valence-electron chi connectivity index (χ0n) is 15.6. The van der Waals surface area contributed by atoms with Gasteiger partial charge in [0.05, 0.1) is 21.8 Å². The van der Waals surface area contributed by atoms with Gasteiger partial charge in [-0.2, -0.15) is 0 Å². The normalized spacial score (nSPS) is 17.2. The molecular weight excluding hydrogens is 449 g/mol. The van der Waals surface area contributed by atoms with Crippen molar-refractivity contribution < 1.29 is 22.7 Å². The number of esters is 1. The Morgan fingerprint density at radius 2 is 1.83 bits per heavy atom. The van der Waals surface area contributed by atoms with Crippen LogP contribution in [0, 0.1) is 0 Å². The van der Waals surface area contributed by atoms with E-state index in [9.17, 15) is 18.0 Å². The predicted molar refractivity (Wildman–Crippen MR) is 117 cm³/mol. The predicted octanol–water partition coefficient (Wildman–Crippen LogP) is 3.89. The number of benzene rings is 2. The van der Waals surface area contributed by atoms with Crippen LogP contribution in [-0.2, 0) is 24.2 Å². The number of hydrogen-bond donors (Lipinski definition) is 0. The lowest BCUT2D eigenvalue weighted by atomic mass is 10.2. The molecule has 1 heterocycles. The maximum atomic E-state index is 12.8. The lowest BCUT2D eigenvalue weighted by Gasteiger charge is -2.27. The van der Waals surface area contributed by atoms with Gasteiger partial charge in [0.2, 0.25) is 0 Å². The largest absolute Gasteiger partial charge is 0.452 e. The molecule has 30 heavy (non-hydrogen) atoms. The molecule has 3 rings (SSSR count). The highest BCUT2D eigenvalue weighted by Crippen LogP contribution is 2.24. The summed E-state index contributed by atoms with van der Waals surface area (Å²) in [6.45, 7) is -0.538. The SMILES string of the molecule is O=C(C=Cc1ccc(Cl)c(Cl)c1)OCC(=O)N(c1ccccc1)C1C=CS(=O)(=O)C1. The summed E-state index contributed by atoms with van der Waals surface area (Å²) in [5.74, 6) is -1.49. The Kier molecular flexibility index (Phi) is 6.97. The molecule has 156 valence electrons. The van der Waals surface area contributed by atoms with Gasteiger partial charge in [0.25, 0.3) is 5.91 Å². The van der Waals surface area contributed by atoms with E-state index in [0.717, 1.165) is 5.41 Å². The molecule has 0 fully saturated rings. The van der Waals surface area contributed by atoms with Gasteiger partial charge in [0.15, 0.2) is 16.4 Å². The molecule has 1 amide bonds. The topological polar surface area (TPSA) is 80.8 Å². The van der Waals surface area contributed by atoms with Gasteiger partial charge in [-0.25, -0.2) is 13.2 Å². The maximum absolute atomic E-state index is 12.8. The van der Waals surface area contributed by atoms with Crippen molar-refractivity contribution in [3.63, 3.8) is 0 Å². The Bertz CT molecular complexity index is 1110. The van der Waals surface area contributed by atoms with Crippen LogP contribution in [0.4, 0.5) is 5.69 Å². The molecule has 0 saturated carbocycles. The maximum Gasteiger partial charge on any atom is 0.331 e. The molecular formula is C21H17Cl2NO5S. The molecule has 0 radical (unpaired) electrons. The first-order chi connectivity index (χ1) is 14.2. The minimum atomic E-state index is -3.37. The standard InChI is InChI=1S/C21H17Cl2NO5S/c22-18-8-6-15(12-19(18)23)7-9-21(26)29-13-20(25)24(16-4-2-1-3-5-16)17-10-11-30(27,28)14-17/h1-12,17H,13-14H2. The molecule has 0 saturated heterocycles. The van der Waals surface area contributed by atoms with E-state index in [1.807, 2.05) is 0 Å². The van der Waals surface area contributed by atoms with Gasteiger partial charge in [0.1, 0.15) is 0 Å². The first kappa shape index (κ1) is 22.1. The third kappa shape index (κ3) is 5.72. The summed E-state index contributed by atoms with van der Waals surface area (Å²) < 4.78 is 28.6. The highest BCUT2D eigenvalue weighted by molar-refractivity contribution is 7.94. The Morgan fingerprint density at radius 3 is 2.47 bits per heavy atom. The zero-order chi connectivity index (χ0) is 21.7. The van der Waals surface area contributed by atoms with Gasteiger partial charge in [-0.15, -0.1) is 0 Å². The van der Waals surface area contributed by atoms with E-state index in [0.29, 0.717) is 21.3 Å². The molecule has 2 aromatic rings. The number of ether oxygens (including phenoxy) is 1. The third-order valence-corrected chi connectivity index (χ3v) is 6.36. The molecule has 0 N–H and O–H groups in total. The van der Waals surface area contributed by atoms with E-state index < -0.39 is 34.4 Å². The minimum Gasteiger partial charge on any atom is -0.452 e. The summed E-state index contributed by atoms with van der Waals surface area (Å²) in [4.78, 5) is 26.1. The van der Waals surface area contributed by atoms with Crippen molar-refractivity contribution in [2.75, 3.05) is 17.3 Å². The minimum absolute atomic E-state index is 0.223. The molecule has 6 nitrogen and oxygen atoms in total. The molecule has 0 spiro atoms. The number of halogens is 2. The number of hydrogen-bond acceptors (Lipinski definition) is 5. The van der Waals surface area contributed by atoms with Crippen molar-refractivity contribution in [3.05, 3.63) is 81.7 Å². The van der Waals surface area contributed by atoms with E-state index in [1.165, 1.54) is 23.1 Å². The van der Waals surface area contributed by atoms with Gasteiger partial charge < -0.3 is 9.64 Å². The van der Waals surface area contributed by atoms with Gasteiger partial charge in [-0.3, -0.25) is 4.79 Å². The van der Waals surface area contributed by atoms with Crippen LogP contribution in [0.2, 0.25) is 10.0 Å². The first-order valence-corrected chi connectivity index (χ1v) is 11.3. The van der Waals surface area contributed by atoms with Crippen molar-refractivity contribution in [2.24, 2.45) is 0 Å². The Balaban J connectivity index is 1.67. The molecule has 1 unspecified atom stereocenters. The van der Waals surface area contributed by atoms with Crippen molar-refractivity contribution in [3.8, 4) is 0 Å². The molecule has 0 aliphatic carbocycles. The second-order valence-electron chi connectivity index (χ2n) is 6.44. The number of rotatable bonds is 6. The number of amides is 1. The zero-order valence-corrected chi connectivity index (χ0v) is 17.9. The summed E-state index contributed by atoms with van der Waals surface area (Å²) in [6, 6.07) is 12.8. The second-order valence-corrected chi connectivity index (χ2v) is 9.18. The number of carbonyl (C=O) groups excluding carboxylic acids is 2. The average Bonchev–Trinajstić information content (AvgIpc) is 3.07. The van der Waals surface area contributed by atoms with Crippen LogP contribution in [0.1, 0.15) is 5.56 Å². The van der Waals surface area contributed by atoms with Crippen molar-refractivity contribution in [1.29, 1.82) is 0 Å². The molecule has 1 atom stereocenters. The Labute approximate surface area is 184 Å². The van der Waals surface area contributed by atoms with Crippen LogP contribution in [0.15, 0.2) is 66.1 Å². The van der Waals surface area contributed by atoms with Crippen LogP contribution in [0.3, 0.4) is 0 Å². The van der Waals surface area contributed by atoms with Crippen LogP contribution >= 0.6 is 23.2 Å². The molecule has 1 aliphatic heterocycles. The summed E-state index contributed by atoms with van der Waals surface area (Å²) >= 11 is 11.8. The van der Waals surface area contributed by atoms with Crippen molar-refractivity contribution >= 4 is 56.7 Å². The number of para-hydroxylation sites is 1. The van der Waals surface area contributed by atoms with Gasteiger partial charge in [0, 0.05) is 17.2 Å². The molecule has 0 aromatic heterocycles. The summed E-state index contributed by atoms with van der Waals surface area (Å²) in [5.41, 5.74) is 1.15. The van der Waals surface area contributed by atoms with Crippen LogP contribution in [0.5, 0.6) is 0 Å². The number of anilines is 1. The lowest BCUT2D eigenvalue weighted by molar-refractivity contribution is -0.143. The van der Waals surface area contributed by atoms with Crippen molar-refractivity contribution in [2.45, 2.75) is 6.04 Å². The molecule has 1 aliphatic rings. The van der Waals surface area contributed by atoms with Gasteiger partial charge in [-0.05, 0) is 42.0 Å². The molecule has 0 bridgehead atoms. The summed E-state index contributed by atoms with van der Waals surface area (Å²) in [7, 11) is -3.37. The third-order valence-electron chi connectivity index (χ3n) is 4.24. The van der Waals surface area contributed by atoms with E-state index in [4.69, 9.17) is 27.9 Å². The van der Waals surface area contributed by atoms with Crippen LogP contribution in [0.25, 0.3) is 6.08 Å². The summed E-state index contributed by atoms with van der Waals surface area (Å²) in [5, 5.41) is 1.83. The monoisotopic (exact) mass is 465 g/mol. The quantitative estimate of drug-likeness (QED) is 0.477. The van der Waals surface area contributed by atoms with Crippen molar-refractivity contribution in [1.82, 2.24) is 0 Å². The van der Waals surface area contributed by atoms with E-state index in [1.54, 1.807) is 48.5 Å². The molecule has 2 aromatic carbocycles. The highest BCUT2D eigenvalue weighted by Gasteiger charge is 2.31. The Morgan fingerprint density at radius 1 is 1.10 bits per heavy atom. The van der Waals surface area contributed by atoms with E-state index in [-0.39, 0.29) is 5.75 Å². The van der Waals surface area contributed by atoms with Crippen LogP contribution in [-0.4, -0.2) is 38.7 Å². The highest BCUT2D eigenvalue weighted by atomic mass is 35.5. The van der Waals surface area contributed by atoms with E-state index in [2.05, 4.69) is 0 Å². The lowest BCUT2D eigenvalue weighted by Crippen LogP contribution is -2.43. The number of nitrogens with zero attached hydrogens (tertiary/aromatic N) is 1. The first-order valence-electron chi connectivity index (χ1n) is 8.83. The fourth-order valence-corrected chi connectivity index (χ4v) is 4.43.